The summed E-state index contributed by atoms with van der Waals surface area (Å²) in [6, 6.07) is 0. The van der Waals surface area contributed by atoms with Crippen LogP contribution in [0.4, 0.5) is 0 Å². The van der Waals surface area contributed by atoms with Crippen molar-refractivity contribution in [1.82, 2.24) is 0 Å². The van der Waals surface area contributed by atoms with Crippen LogP contribution in [0.25, 0.3) is 0 Å². The fourth-order valence-electron chi connectivity index (χ4n) is 16.7. The summed E-state index contributed by atoms with van der Waals surface area (Å²) < 4.78 is 0. The first kappa shape index (κ1) is 20.0. The highest BCUT2D eigenvalue weighted by molar-refractivity contribution is 5.19. The third-order valence-corrected chi connectivity index (χ3v) is 16.7. The maximum Gasteiger partial charge on any atom is -0.0318 e. The Bertz CT molecular complexity index is 900. The molecule has 10 fully saturated rings. The molecule has 10 aliphatic carbocycles. The lowest BCUT2D eigenvalue weighted by atomic mass is 9.55. The van der Waals surface area contributed by atoms with E-state index in [0.717, 1.165) is 23.7 Å². The first-order valence-corrected chi connectivity index (χ1v) is 16.6. The Balaban J connectivity index is 0.892. The molecule has 0 nitrogen and oxygen atoms in total. The molecule has 0 aliphatic heterocycles. The lowest BCUT2D eigenvalue weighted by molar-refractivity contribution is -0.0150. The standard InChI is InChI=1S/C34H50/c1-34(2,29-12-17-11-28(29)33-27-14-25(31(17)33)20-6-4-8-22(20)27)15-18-9-16-10-23(18)32-26-13-24(30(16)32)19-5-3-7-21(19)26/h16-33H,3-15H2,1-2H3. The second-order valence-electron chi connectivity index (χ2n) is 17.3. The molecule has 0 aromatic rings. The van der Waals surface area contributed by atoms with Crippen molar-refractivity contribution in [3.8, 4) is 0 Å². The molecule has 0 aromatic heterocycles. The van der Waals surface area contributed by atoms with Gasteiger partial charge in [-0.05, 0) is 183 Å². The van der Waals surface area contributed by atoms with Gasteiger partial charge < -0.3 is 0 Å². The summed E-state index contributed by atoms with van der Waals surface area (Å²) in [7, 11) is 0. The lowest BCUT2D eigenvalue weighted by Crippen LogP contribution is -2.44. The van der Waals surface area contributed by atoms with Crippen LogP contribution < -0.4 is 0 Å². The highest BCUT2D eigenvalue weighted by Crippen LogP contribution is 2.77. The third kappa shape index (κ3) is 2.17. The summed E-state index contributed by atoms with van der Waals surface area (Å²) in [4.78, 5) is 0. The van der Waals surface area contributed by atoms with Crippen molar-refractivity contribution in [3.05, 3.63) is 0 Å². The van der Waals surface area contributed by atoms with Crippen molar-refractivity contribution in [2.24, 2.45) is 112 Å². The Hall–Kier alpha value is 0. The molecule has 0 aromatic carbocycles. The van der Waals surface area contributed by atoms with Crippen LogP contribution >= 0.6 is 0 Å². The summed E-state index contributed by atoms with van der Waals surface area (Å²) >= 11 is 0. The molecule has 0 saturated heterocycles. The zero-order valence-corrected chi connectivity index (χ0v) is 22.1. The Kier molecular flexibility index (Phi) is 3.73. The summed E-state index contributed by atoms with van der Waals surface area (Å²) in [5.74, 6) is 21.2. The van der Waals surface area contributed by atoms with E-state index in [9.17, 15) is 0 Å². The topological polar surface area (TPSA) is 0 Å². The minimum absolute atomic E-state index is 0.624. The van der Waals surface area contributed by atoms with E-state index in [1.807, 2.05) is 0 Å². The largest absolute Gasteiger partial charge is 0.0596 e. The van der Waals surface area contributed by atoms with Gasteiger partial charge in [0.2, 0.25) is 0 Å². The summed E-state index contributed by atoms with van der Waals surface area (Å²) in [6.07, 6.45) is 21.3. The van der Waals surface area contributed by atoms with Crippen LogP contribution in [0.1, 0.15) is 97.3 Å². The fraction of sp³-hybridized carbons (Fsp3) is 1.00. The normalized spacial score (nSPS) is 67.6. The molecule has 8 bridgehead atoms. The first-order chi connectivity index (χ1) is 16.6. The van der Waals surface area contributed by atoms with Crippen molar-refractivity contribution in [3.63, 3.8) is 0 Å². The van der Waals surface area contributed by atoms with Gasteiger partial charge in [0.05, 0.1) is 0 Å². The Morgan fingerprint density at radius 1 is 0.471 bits per heavy atom. The van der Waals surface area contributed by atoms with E-state index in [2.05, 4.69) is 13.8 Å². The monoisotopic (exact) mass is 458 g/mol. The zero-order chi connectivity index (χ0) is 22.1. The van der Waals surface area contributed by atoms with Gasteiger partial charge >= 0.3 is 0 Å². The maximum atomic E-state index is 2.79. The first-order valence-electron chi connectivity index (χ1n) is 16.6. The van der Waals surface area contributed by atoms with Crippen molar-refractivity contribution in [1.29, 1.82) is 0 Å². The van der Waals surface area contributed by atoms with Gasteiger partial charge in [0.25, 0.3) is 0 Å². The highest BCUT2D eigenvalue weighted by atomic mass is 14.8. The Morgan fingerprint density at radius 2 is 0.971 bits per heavy atom. The average Bonchev–Trinajstić information content (AvgIpc) is 3.66. The van der Waals surface area contributed by atoms with Gasteiger partial charge in [-0.25, -0.2) is 0 Å². The zero-order valence-electron chi connectivity index (χ0n) is 22.1. The number of fused-ring (bicyclic) bond motifs is 24. The van der Waals surface area contributed by atoms with Gasteiger partial charge in [-0.1, -0.05) is 26.7 Å². The Morgan fingerprint density at radius 3 is 1.59 bits per heavy atom. The van der Waals surface area contributed by atoms with Gasteiger partial charge in [0.1, 0.15) is 0 Å². The van der Waals surface area contributed by atoms with Gasteiger partial charge in [-0.15, -0.1) is 0 Å². The molecular weight excluding hydrogens is 408 g/mol. The van der Waals surface area contributed by atoms with E-state index in [1.165, 1.54) is 82.9 Å². The van der Waals surface area contributed by atoms with Crippen LogP contribution in [0.15, 0.2) is 0 Å². The van der Waals surface area contributed by atoms with Crippen LogP contribution in [0, 0.1) is 112 Å². The number of hydrogen-bond acceptors (Lipinski definition) is 0. The van der Waals surface area contributed by atoms with Crippen LogP contribution in [0.3, 0.4) is 0 Å². The second-order valence-corrected chi connectivity index (χ2v) is 17.3. The van der Waals surface area contributed by atoms with E-state index in [-0.39, 0.29) is 0 Å². The van der Waals surface area contributed by atoms with Crippen molar-refractivity contribution in [2.75, 3.05) is 0 Å². The number of rotatable bonds is 3. The molecule has 10 aliphatic rings. The third-order valence-electron chi connectivity index (χ3n) is 16.7. The highest BCUT2D eigenvalue weighted by Gasteiger charge is 2.70. The SMILES string of the molecule is CC(C)(CC1CC2CC1C1C3CC(C4CCCC43)C21)C1CC2CC1C1C3CC(C4CCCC43)C21. The molecule has 0 amide bonds. The van der Waals surface area contributed by atoms with Crippen molar-refractivity contribution >= 4 is 0 Å². The van der Waals surface area contributed by atoms with E-state index in [1.54, 1.807) is 83.5 Å². The molecule has 10 saturated carbocycles. The number of hydrogen-bond donors (Lipinski definition) is 0. The quantitative estimate of drug-likeness (QED) is 0.373. The molecule has 10 rings (SSSR count). The van der Waals surface area contributed by atoms with Crippen LogP contribution in [-0.4, -0.2) is 0 Å². The molecule has 186 valence electrons. The fourth-order valence-corrected chi connectivity index (χ4v) is 16.7. The van der Waals surface area contributed by atoms with Crippen LogP contribution in [0.2, 0.25) is 0 Å². The summed E-state index contributed by atoms with van der Waals surface area (Å²) in [6.45, 7) is 5.58. The van der Waals surface area contributed by atoms with E-state index < -0.39 is 0 Å². The van der Waals surface area contributed by atoms with Crippen LogP contribution in [0.5, 0.6) is 0 Å². The molecular formula is C34H50. The van der Waals surface area contributed by atoms with E-state index in [4.69, 9.17) is 0 Å². The smallest absolute Gasteiger partial charge is 0.0318 e. The van der Waals surface area contributed by atoms with E-state index in [0.29, 0.717) is 5.41 Å². The minimum Gasteiger partial charge on any atom is -0.0596 e. The molecule has 0 spiro atoms. The van der Waals surface area contributed by atoms with Crippen molar-refractivity contribution in [2.45, 2.75) is 97.3 Å². The predicted octanol–water partition coefficient (Wildman–Crippen LogP) is 8.31. The summed E-state index contributed by atoms with van der Waals surface area (Å²) in [5.41, 5.74) is 0.624. The van der Waals surface area contributed by atoms with Crippen LogP contribution in [-0.2, 0) is 0 Å². The molecule has 0 N–H and O–H groups in total. The van der Waals surface area contributed by atoms with Gasteiger partial charge in [0, 0.05) is 0 Å². The minimum atomic E-state index is 0.624. The molecule has 34 heavy (non-hydrogen) atoms. The van der Waals surface area contributed by atoms with E-state index >= 15 is 0 Å². The molecule has 18 unspecified atom stereocenters. The maximum absolute atomic E-state index is 2.79. The van der Waals surface area contributed by atoms with Gasteiger partial charge in [-0.2, -0.15) is 0 Å². The molecule has 18 atom stereocenters. The van der Waals surface area contributed by atoms with Gasteiger partial charge in [0.15, 0.2) is 0 Å². The predicted molar refractivity (Wildman–Crippen MR) is 137 cm³/mol. The lowest BCUT2D eigenvalue weighted by Gasteiger charge is -2.50. The second kappa shape index (κ2) is 6.34. The average molecular weight is 459 g/mol. The molecule has 0 radical (unpaired) electrons. The van der Waals surface area contributed by atoms with Crippen molar-refractivity contribution < 1.29 is 0 Å². The summed E-state index contributed by atoms with van der Waals surface area (Å²) in [5, 5.41) is 0. The van der Waals surface area contributed by atoms with Gasteiger partial charge in [-0.3, -0.25) is 0 Å². The molecule has 0 heterocycles. The molecule has 0 heteroatoms. The Labute approximate surface area is 209 Å².